The monoisotopic (exact) mass is 342 g/mol. The van der Waals surface area contributed by atoms with Gasteiger partial charge in [0.1, 0.15) is 5.69 Å². The third kappa shape index (κ3) is 3.79. The van der Waals surface area contributed by atoms with Crippen molar-refractivity contribution >= 4 is 17.7 Å². The molecular formula is C19H22N2O4. The topological polar surface area (TPSA) is 99.3 Å². The summed E-state index contributed by atoms with van der Waals surface area (Å²) in [6, 6.07) is 4.23. The summed E-state index contributed by atoms with van der Waals surface area (Å²) in [6.45, 7) is 8.55. The van der Waals surface area contributed by atoms with E-state index in [1.165, 1.54) is 6.92 Å². The zero-order valence-corrected chi connectivity index (χ0v) is 15.0. The predicted octanol–water partition coefficient (Wildman–Crippen LogP) is 3.01. The number of hydrogen-bond donors (Lipinski definition) is 3. The van der Waals surface area contributed by atoms with E-state index in [1.54, 1.807) is 26.0 Å². The fourth-order valence-corrected chi connectivity index (χ4v) is 3.17. The number of ketones is 1. The number of carbonyl (C=O) groups excluding carboxylic acids is 2. The van der Waals surface area contributed by atoms with Gasteiger partial charge in [0.05, 0.1) is 0 Å². The summed E-state index contributed by atoms with van der Waals surface area (Å²) < 4.78 is 0. The average molecular weight is 342 g/mol. The Morgan fingerprint density at radius 3 is 2.04 bits per heavy atom. The molecule has 132 valence electrons. The van der Waals surface area contributed by atoms with Gasteiger partial charge in [0.25, 0.3) is 5.91 Å². The summed E-state index contributed by atoms with van der Waals surface area (Å²) in [7, 11) is 0. The average Bonchev–Trinajstić information content (AvgIpc) is 2.78. The van der Waals surface area contributed by atoms with Gasteiger partial charge < -0.3 is 15.4 Å². The molecule has 1 aromatic heterocycles. The van der Waals surface area contributed by atoms with Crippen LogP contribution in [0.25, 0.3) is 0 Å². The number of aryl methyl sites for hydroxylation is 3. The maximum absolute atomic E-state index is 12.6. The number of aliphatic carboxylic acids is 1. The fourth-order valence-electron chi connectivity index (χ4n) is 3.17. The first-order chi connectivity index (χ1) is 11.6. The molecule has 0 fully saturated rings. The van der Waals surface area contributed by atoms with Crippen LogP contribution in [0, 0.1) is 27.7 Å². The van der Waals surface area contributed by atoms with E-state index < -0.39 is 17.9 Å². The third-order valence-corrected chi connectivity index (χ3v) is 4.12. The Bertz CT molecular complexity index is 844. The van der Waals surface area contributed by atoms with Gasteiger partial charge in [-0.2, -0.15) is 0 Å². The fraction of sp³-hybridized carbons (Fsp3) is 0.316. The Hall–Kier alpha value is -2.89. The SMILES string of the molecule is CC(=O)c1c(C)[nH]c(C(=O)NC(C(=O)O)c2cc(C)cc(C)c2)c1C. The Kier molecular flexibility index (Phi) is 5.11. The van der Waals surface area contributed by atoms with Gasteiger partial charge in [-0.15, -0.1) is 0 Å². The zero-order valence-electron chi connectivity index (χ0n) is 15.0. The number of aromatic nitrogens is 1. The number of carbonyl (C=O) groups is 3. The van der Waals surface area contributed by atoms with Crippen LogP contribution < -0.4 is 5.32 Å². The van der Waals surface area contributed by atoms with Crippen molar-refractivity contribution in [1.82, 2.24) is 10.3 Å². The third-order valence-electron chi connectivity index (χ3n) is 4.12. The highest BCUT2D eigenvalue weighted by molar-refractivity contribution is 6.03. The van der Waals surface area contributed by atoms with Crippen molar-refractivity contribution in [2.45, 2.75) is 40.7 Å². The first-order valence-corrected chi connectivity index (χ1v) is 7.93. The number of hydrogen-bond acceptors (Lipinski definition) is 3. The Morgan fingerprint density at radius 2 is 1.60 bits per heavy atom. The lowest BCUT2D eigenvalue weighted by atomic mass is 10.0. The maximum atomic E-state index is 12.6. The van der Waals surface area contributed by atoms with Crippen LogP contribution in [-0.2, 0) is 4.79 Å². The van der Waals surface area contributed by atoms with Gasteiger partial charge >= 0.3 is 5.97 Å². The van der Waals surface area contributed by atoms with Gasteiger partial charge in [-0.1, -0.05) is 29.3 Å². The molecule has 6 nitrogen and oxygen atoms in total. The Morgan fingerprint density at radius 1 is 1.04 bits per heavy atom. The van der Waals surface area contributed by atoms with E-state index in [0.29, 0.717) is 22.4 Å². The predicted molar refractivity (Wildman–Crippen MR) is 94.0 cm³/mol. The molecule has 0 spiro atoms. The molecule has 0 saturated carbocycles. The standard InChI is InChI=1S/C19H22N2O4/c1-9-6-10(2)8-14(7-9)17(19(24)25)21-18(23)16-11(3)15(13(5)22)12(4)20-16/h6-8,17,20H,1-5H3,(H,21,23)(H,24,25). The smallest absolute Gasteiger partial charge is 0.330 e. The quantitative estimate of drug-likeness (QED) is 0.727. The van der Waals surface area contributed by atoms with Crippen LogP contribution in [0.15, 0.2) is 18.2 Å². The van der Waals surface area contributed by atoms with Gasteiger partial charge in [-0.25, -0.2) is 4.79 Å². The van der Waals surface area contributed by atoms with Crippen LogP contribution in [0.1, 0.15) is 61.8 Å². The molecule has 1 atom stereocenters. The summed E-state index contributed by atoms with van der Waals surface area (Å²) in [4.78, 5) is 38.9. The van der Waals surface area contributed by atoms with Crippen molar-refractivity contribution in [3.05, 3.63) is 57.4 Å². The molecule has 0 radical (unpaired) electrons. The van der Waals surface area contributed by atoms with E-state index in [0.717, 1.165) is 11.1 Å². The number of carboxylic acids is 1. The van der Waals surface area contributed by atoms with Crippen LogP contribution in [0.4, 0.5) is 0 Å². The van der Waals surface area contributed by atoms with E-state index in [4.69, 9.17) is 0 Å². The van der Waals surface area contributed by atoms with Crippen LogP contribution in [0.5, 0.6) is 0 Å². The van der Waals surface area contributed by atoms with Crippen molar-refractivity contribution in [3.8, 4) is 0 Å². The molecule has 25 heavy (non-hydrogen) atoms. The van der Waals surface area contributed by atoms with Crippen molar-refractivity contribution in [3.63, 3.8) is 0 Å². The molecule has 1 heterocycles. The molecule has 3 N–H and O–H groups in total. The van der Waals surface area contributed by atoms with Crippen molar-refractivity contribution in [1.29, 1.82) is 0 Å². The summed E-state index contributed by atoms with van der Waals surface area (Å²) >= 11 is 0. The molecule has 2 aromatic rings. The number of carboxylic acid groups (broad SMARTS) is 1. The van der Waals surface area contributed by atoms with Gasteiger partial charge in [-0.3, -0.25) is 9.59 Å². The van der Waals surface area contributed by atoms with E-state index in [1.807, 2.05) is 19.9 Å². The lowest BCUT2D eigenvalue weighted by molar-refractivity contribution is -0.139. The van der Waals surface area contributed by atoms with E-state index in [9.17, 15) is 19.5 Å². The number of amides is 1. The second kappa shape index (κ2) is 6.93. The Labute approximate surface area is 146 Å². The second-order valence-corrected chi connectivity index (χ2v) is 6.35. The molecular weight excluding hydrogens is 320 g/mol. The molecule has 1 aromatic carbocycles. The summed E-state index contributed by atoms with van der Waals surface area (Å²) in [5.41, 5.74) is 4.12. The first kappa shape index (κ1) is 18.4. The second-order valence-electron chi connectivity index (χ2n) is 6.35. The van der Waals surface area contributed by atoms with Gasteiger partial charge in [0, 0.05) is 11.3 Å². The maximum Gasteiger partial charge on any atom is 0.330 e. The summed E-state index contributed by atoms with van der Waals surface area (Å²) in [5.74, 6) is -1.85. The molecule has 1 amide bonds. The molecule has 0 saturated heterocycles. The molecule has 2 rings (SSSR count). The largest absolute Gasteiger partial charge is 0.479 e. The van der Waals surface area contributed by atoms with E-state index >= 15 is 0 Å². The van der Waals surface area contributed by atoms with Crippen LogP contribution >= 0.6 is 0 Å². The van der Waals surface area contributed by atoms with Gasteiger partial charge in [0.2, 0.25) is 0 Å². The van der Waals surface area contributed by atoms with E-state index in [-0.39, 0.29) is 11.5 Å². The molecule has 1 unspecified atom stereocenters. The van der Waals surface area contributed by atoms with Gasteiger partial charge in [-0.05, 0) is 45.7 Å². The number of rotatable bonds is 5. The van der Waals surface area contributed by atoms with Crippen molar-refractivity contribution < 1.29 is 19.5 Å². The minimum atomic E-state index is -1.17. The lowest BCUT2D eigenvalue weighted by Crippen LogP contribution is -2.34. The number of nitrogens with one attached hydrogen (secondary N) is 2. The Balaban J connectivity index is 2.38. The molecule has 0 aliphatic heterocycles. The van der Waals surface area contributed by atoms with Crippen molar-refractivity contribution in [2.75, 3.05) is 0 Å². The van der Waals surface area contributed by atoms with Crippen LogP contribution in [-0.4, -0.2) is 27.8 Å². The normalized spacial score (nSPS) is 11.9. The number of aromatic amines is 1. The first-order valence-electron chi connectivity index (χ1n) is 7.93. The molecule has 0 bridgehead atoms. The molecule has 0 aliphatic rings. The zero-order chi connectivity index (χ0) is 18.9. The van der Waals surface area contributed by atoms with E-state index in [2.05, 4.69) is 10.3 Å². The molecule has 6 heteroatoms. The highest BCUT2D eigenvalue weighted by Gasteiger charge is 2.26. The van der Waals surface area contributed by atoms with Crippen LogP contribution in [0.2, 0.25) is 0 Å². The highest BCUT2D eigenvalue weighted by atomic mass is 16.4. The summed E-state index contributed by atoms with van der Waals surface area (Å²) in [5, 5.41) is 12.1. The lowest BCUT2D eigenvalue weighted by Gasteiger charge is -2.16. The number of benzene rings is 1. The minimum Gasteiger partial charge on any atom is -0.479 e. The minimum absolute atomic E-state index is 0.144. The summed E-state index contributed by atoms with van der Waals surface area (Å²) in [6.07, 6.45) is 0. The van der Waals surface area contributed by atoms with Crippen molar-refractivity contribution in [2.24, 2.45) is 0 Å². The molecule has 0 aliphatic carbocycles. The highest BCUT2D eigenvalue weighted by Crippen LogP contribution is 2.21. The number of Topliss-reactive ketones (excluding diaryl/α,β-unsaturated/α-hetero) is 1. The number of H-pyrrole nitrogens is 1. The van der Waals surface area contributed by atoms with Gasteiger partial charge in [0.15, 0.2) is 11.8 Å². The van der Waals surface area contributed by atoms with Crippen LogP contribution in [0.3, 0.4) is 0 Å².